The molecule has 0 rings (SSSR count). The highest BCUT2D eigenvalue weighted by Crippen LogP contribution is 2.15. The number of carbonyl (C=O) groups is 11. The molecule has 8 atom stereocenters. The second-order valence-corrected chi connectivity index (χ2v) is 22.5. The van der Waals surface area contributed by atoms with E-state index in [2.05, 4.69) is 10.6 Å². The second-order valence-electron chi connectivity index (χ2n) is 18.1. The number of thioether (sulfide) groups is 4. The molecule has 15 N–H and O–H groups in total. The fraction of sp³-hybridized carbons (Fsp3) is 0.780. The molecule has 8 unspecified atom stereocenters. The van der Waals surface area contributed by atoms with Gasteiger partial charge in [-0.25, -0.2) is 0 Å². The number of aliphatic carboxylic acids is 9. The van der Waals surface area contributed by atoms with E-state index in [9.17, 15) is 83.4 Å². The molecule has 0 aliphatic heterocycles. The van der Waals surface area contributed by atoms with Gasteiger partial charge in [0.15, 0.2) is 0 Å². The second kappa shape index (κ2) is 52.6. The lowest BCUT2D eigenvalue weighted by Gasteiger charge is -2.25. The Labute approximate surface area is 506 Å². The van der Waals surface area contributed by atoms with Crippen LogP contribution in [0.15, 0.2) is 0 Å². The molecule has 0 heterocycles. The van der Waals surface area contributed by atoms with Crippen LogP contribution in [-0.2, 0) is 52.7 Å². The number of carboxylic acid groups (broad SMARTS) is 9. The zero-order valence-electron chi connectivity index (χ0n) is 48.8. The van der Waals surface area contributed by atoms with Crippen molar-refractivity contribution in [1.29, 1.82) is 0 Å². The van der Waals surface area contributed by atoms with Crippen molar-refractivity contribution < 1.29 is 119 Å². The number of aliphatic hydroxyl groups is 4. The normalized spacial score (nSPS) is 13.8. The summed E-state index contributed by atoms with van der Waals surface area (Å²) in [5.74, 6) is -8.38. The Morgan fingerprint density at radius 3 is 0.929 bits per heavy atom. The highest BCUT2D eigenvalue weighted by molar-refractivity contribution is 8.00. The quantitative estimate of drug-likeness (QED) is 0.0341. The van der Waals surface area contributed by atoms with Gasteiger partial charge in [-0.2, -0.15) is 35.3 Å². The highest BCUT2D eigenvalue weighted by Gasteiger charge is 2.30. The molecule has 0 aliphatic carbocycles. The molecule has 34 heteroatoms. The van der Waals surface area contributed by atoms with Crippen LogP contribution in [0.2, 0.25) is 0 Å². The first-order valence-corrected chi connectivity index (χ1v) is 31.5. The van der Waals surface area contributed by atoms with E-state index in [-0.39, 0.29) is 80.4 Å². The van der Waals surface area contributed by atoms with E-state index in [1.807, 2.05) is 20.8 Å². The van der Waals surface area contributed by atoms with Crippen molar-refractivity contribution in [1.82, 2.24) is 30.2 Å². The predicted octanol–water partition coefficient (Wildman–Crippen LogP) is -0.522. The minimum absolute atomic E-state index is 0.0604. The SMILES string of the molecule is CCC(O)CNC(=O)CSCC(C(=O)O)N(CC)CC(=O)O.CCC(O)CNC(=O)CSCCC(C(=O)O)N(CC)CC(=O)O.CCC(O)CSCC(C(=O)O)N(CC)CC(=O)O.CCC(O)CSCCC(C(=O)O)N(CC(=O)O)CC(=O)O. The van der Waals surface area contributed by atoms with Gasteiger partial charge in [-0.05, 0) is 69.7 Å². The Bertz CT molecular complexity index is 1920. The number of carboxylic acids is 9. The molecular weight excluding hydrogens is 1200 g/mol. The molecule has 0 saturated carbocycles. The first-order valence-electron chi connectivity index (χ1n) is 26.8. The molecule has 0 radical (unpaired) electrons. The van der Waals surface area contributed by atoms with Gasteiger partial charge in [-0.15, -0.1) is 11.8 Å². The minimum Gasteiger partial charge on any atom is -0.480 e. The van der Waals surface area contributed by atoms with Crippen molar-refractivity contribution in [2.45, 2.75) is 136 Å². The number of nitrogens with zero attached hydrogens (tertiary/aromatic N) is 4. The van der Waals surface area contributed by atoms with Crippen molar-refractivity contribution in [3.8, 4) is 0 Å². The van der Waals surface area contributed by atoms with Crippen molar-refractivity contribution in [3.05, 3.63) is 0 Å². The van der Waals surface area contributed by atoms with Crippen molar-refractivity contribution in [2.75, 3.05) is 111 Å². The van der Waals surface area contributed by atoms with Crippen LogP contribution in [0.1, 0.15) is 87.0 Å². The fourth-order valence-electron chi connectivity index (χ4n) is 6.51. The van der Waals surface area contributed by atoms with E-state index >= 15 is 0 Å². The van der Waals surface area contributed by atoms with Gasteiger partial charge in [0.25, 0.3) is 0 Å². The monoisotopic (exact) mass is 1290 g/mol. The summed E-state index contributed by atoms with van der Waals surface area (Å²) in [7, 11) is 0. The number of nitrogens with one attached hydrogen (secondary N) is 2. The lowest BCUT2D eigenvalue weighted by atomic mass is 10.2. The Hall–Kier alpha value is -4.75. The Balaban J connectivity index is -0.000000510. The van der Waals surface area contributed by atoms with E-state index in [0.29, 0.717) is 68.3 Å². The van der Waals surface area contributed by atoms with Gasteiger partial charge in [-0.1, -0.05) is 48.5 Å². The fourth-order valence-corrected chi connectivity index (χ4v) is 10.6. The van der Waals surface area contributed by atoms with Crippen LogP contribution in [0.3, 0.4) is 0 Å². The number of likely N-dealkylation sites (N-methyl/N-ethyl adjacent to an activating group) is 3. The summed E-state index contributed by atoms with van der Waals surface area (Å²) in [4.78, 5) is 126. The van der Waals surface area contributed by atoms with Crippen LogP contribution in [-0.4, -0.2) is 312 Å². The third kappa shape index (κ3) is 47.5. The van der Waals surface area contributed by atoms with Crippen LogP contribution >= 0.6 is 47.0 Å². The predicted molar refractivity (Wildman–Crippen MR) is 317 cm³/mol. The maximum absolute atomic E-state index is 11.5. The van der Waals surface area contributed by atoms with Crippen molar-refractivity contribution in [2.24, 2.45) is 0 Å². The molecule has 0 fully saturated rings. The summed E-state index contributed by atoms with van der Waals surface area (Å²) in [5, 5.41) is 123. The first kappa shape index (κ1) is 85.7. The van der Waals surface area contributed by atoms with Gasteiger partial charge in [0, 0.05) is 36.1 Å². The van der Waals surface area contributed by atoms with Crippen LogP contribution in [0, 0.1) is 0 Å². The van der Waals surface area contributed by atoms with E-state index in [1.165, 1.54) is 50.0 Å². The molecule has 0 aromatic rings. The Morgan fingerprint density at radius 1 is 0.345 bits per heavy atom. The van der Waals surface area contributed by atoms with E-state index < -0.39 is 115 Å². The van der Waals surface area contributed by atoms with E-state index in [4.69, 9.17) is 35.7 Å². The van der Waals surface area contributed by atoms with Crippen LogP contribution < -0.4 is 10.6 Å². The van der Waals surface area contributed by atoms with Gasteiger partial charge in [-0.3, -0.25) is 72.3 Å². The average Bonchev–Trinajstić information content (AvgIpc) is 3.41. The maximum atomic E-state index is 11.5. The molecule has 30 nitrogen and oxygen atoms in total. The molecule has 490 valence electrons. The number of amides is 2. The van der Waals surface area contributed by atoms with E-state index in [0.717, 1.165) is 16.7 Å². The van der Waals surface area contributed by atoms with Crippen LogP contribution in [0.5, 0.6) is 0 Å². The van der Waals surface area contributed by atoms with Gasteiger partial charge in [0.2, 0.25) is 11.8 Å². The topological polar surface area (TPSA) is 488 Å². The lowest BCUT2D eigenvalue weighted by Crippen LogP contribution is -2.46. The zero-order valence-corrected chi connectivity index (χ0v) is 52.1. The van der Waals surface area contributed by atoms with Gasteiger partial charge >= 0.3 is 53.7 Å². The van der Waals surface area contributed by atoms with E-state index in [1.54, 1.807) is 27.7 Å². The van der Waals surface area contributed by atoms with Gasteiger partial charge < -0.3 is 77.0 Å². The molecule has 0 aromatic heterocycles. The molecule has 84 heavy (non-hydrogen) atoms. The molecular formula is C50H92N6O24S4. The molecule has 0 bridgehead atoms. The number of hydrogen-bond acceptors (Lipinski definition) is 23. The number of aliphatic hydroxyl groups excluding tert-OH is 4. The summed E-state index contributed by atoms with van der Waals surface area (Å²) in [6.07, 6.45) is 0.617. The minimum atomic E-state index is -1.28. The average molecular weight is 1290 g/mol. The first-order chi connectivity index (χ1) is 39.3. The van der Waals surface area contributed by atoms with Gasteiger partial charge in [0.1, 0.15) is 24.2 Å². The smallest absolute Gasteiger partial charge is 0.321 e. The number of rotatable bonds is 47. The summed E-state index contributed by atoms with van der Waals surface area (Å²) in [6.45, 7) is 11.5. The van der Waals surface area contributed by atoms with Crippen LogP contribution in [0.25, 0.3) is 0 Å². The molecule has 0 saturated heterocycles. The third-order valence-corrected chi connectivity index (χ3v) is 15.8. The lowest BCUT2D eigenvalue weighted by molar-refractivity contribution is -0.151. The molecule has 2 amide bonds. The molecule has 0 aliphatic rings. The Morgan fingerprint density at radius 2 is 0.619 bits per heavy atom. The van der Waals surface area contributed by atoms with Crippen LogP contribution in [0.4, 0.5) is 0 Å². The molecule has 0 aromatic carbocycles. The van der Waals surface area contributed by atoms with Gasteiger partial charge in [0.05, 0.1) is 68.6 Å². The Kier molecular flexibility index (Phi) is 53.6. The third-order valence-electron chi connectivity index (χ3n) is 11.5. The zero-order chi connectivity index (χ0) is 65.5. The molecule has 0 spiro atoms. The standard InChI is InChI=1S/C14H26N2O6S.C13H24N2O6S.C12H21NO7S.C11H21NO5S/c1-3-10(17)7-15-12(18)9-23-6-5-11(14(21)22)16(4-2)8-13(19)20;1-3-9(16)5-14-11(17)8-22-7-10(13(20)21)15(4-2)6-12(18)19;1-2-8(14)7-21-4-3-9(12(19)20)13(5-10(15)16)6-11(17)18;1-3-8(13)6-18-7-9(11(16)17)12(4-2)5-10(14)15/h10-11,17H,3-9H2,1-2H3,(H,15,18)(H,19,20)(H,21,22);9-10,16H,3-8H2,1-2H3,(H,14,17)(H,18,19)(H,20,21);8-9,14H,2-7H2,1H3,(H,15,16)(H,17,18)(H,19,20);8-9,13H,3-7H2,1-2H3,(H,14,15)(H,16,17). The number of carbonyl (C=O) groups excluding carboxylic acids is 2. The van der Waals surface area contributed by atoms with Crippen molar-refractivity contribution >= 4 is 113 Å². The summed E-state index contributed by atoms with van der Waals surface area (Å²) >= 11 is 5.08. The highest BCUT2D eigenvalue weighted by atomic mass is 32.2. The van der Waals surface area contributed by atoms with Crippen molar-refractivity contribution in [3.63, 3.8) is 0 Å². The summed E-state index contributed by atoms with van der Waals surface area (Å²) in [6, 6.07) is -3.85. The number of hydrogen-bond donors (Lipinski definition) is 15. The summed E-state index contributed by atoms with van der Waals surface area (Å²) in [5.41, 5.74) is 0. The summed E-state index contributed by atoms with van der Waals surface area (Å²) < 4.78 is 0. The maximum Gasteiger partial charge on any atom is 0.321 e. The largest absolute Gasteiger partial charge is 0.480 e.